The van der Waals surface area contributed by atoms with Gasteiger partial charge in [-0.3, -0.25) is 0 Å². The molecule has 2 rings (SSSR count). The van der Waals surface area contributed by atoms with E-state index in [9.17, 15) is 9.18 Å². The van der Waals surface area contributed by atoms with Crippen LogP contribution in [-0.4, -0.2) is 22.7 Å². The molecule has 0 unspecified atom stereocenters. The molecule has 1 aromatic heterocycles. The van der Waals surface area contributed by atoms with Crippen LogP contribution in [0.15, 0.2) is 36.4 Å². The van der Waals surface area contributed by atoms with Crippen LogP contribution in [0.3, 0.4) is 0 Å². The number of carboxylic acid groups (broad SMARTS) is 1. The number of hydrogen-bond donors (Lipinski definition) is 1. The minimum atomic E-state index is -1.21. The van der Waals surface area contributed by atoms with E-state index < -0.39 is 11.8 Å². The largest absolute Gasteiger partial charge is 0.478 e. The molecule has 0 saturated heterocycles. The summed E-state index contributed by atoms with van der Waals surface area (Å²) in [5, 5.41) is 9.03. The zero-order valence-electron chi connectivity index (χ0n) is 10.7. The van der Waals surface area contributed by atoms with Gasteiger partial charge in [0.25, 0.3) is 0 Å². The van der Waals surface area contributed by atoms with E-state index in [0.29, 0.717) is 12.5 Å². The first-order valence-electron chi connectivity index (χ1n) is 5.90. The van der Waals surface area contributed by atoms with Gasteiger partial charge < -0.3 is 14.6 Å². The lowest BCUT2D eigenvalue weighted by molar-refractivity contribution is 0.0694. The van der Waals surface area contributed by atoms with Gasteiger partial charge in [0.1, 0.15) is 17.1 Å². The van der Waals surface area contributed by atoms with Gasteiger partial charge in [-0.1, -0.05) is 6.07 Å². The van der Waals surface area contributed by atoms with Gasteiger partial charge in [0, 0.05) is 18.2 Å². The molecule has 0 aliphatic carbocycles. The topological polar surface area (TPSA) is 68.7 Å². The maximum atomic E-state index is 13.2. The van der Waals surface area contributed by atoms with Crippen molar-refractivity contribution >= 4 is 5.97 Å². The Bertz CT molecular complexity index is 630. The van der Waals surface area contributed by atoms with Crippen LogP contribution in [0.5, 0.6) is 17.5 Å². The standard InChI is InChI=1S/C14H12FNO4/c1-2-19-12-4-3-5-13(16-12)20-11-8-9(15)6-7-10(11)14(17)18/h3-8H,2H2,1H3,(H,17,18). The average Bonchev–Trinajstić information content (AvgIpc) is 2.39. The van der Waals surface area contributed by atoms with E-state index in [1.54, 1.807) is 12.1 Å². The smallest absolute Gasteiger partial charge is 0.339 e. The van der Waals surface area contributed by atoms with Crippen molar-refractivity contribution in [3.63, 3.8) is 0 Å². The fraction of sp³-hybridized carbons (Fsp3) is 0.143. The Morgan fingerprint density at radius 2 is 2.05 bits per heavy atom. The highest BCUT2D eigenvalue weighted by atomic mass is 19.1. The minimum absolute atomic E-state index is 0.112. The van der Waals surface area contributed by atoms with E-state index in [2.05, 4.69) is 4.98 Å². The van der Waals surface area contributed by atoms with E-state index in [4.69, 9.17) is 14.6 Å². The van der Waals surface area contributed by atoms with Gasteiger partial charge in [-0.15, -0.1) is 0 Å². The normalized spacial score (nSPS) is 10.1. The van der Waals surface area contributed by atoms with Crippen LogP contribution in [0.4, 0.5) is 4.39 Å². The highest BCUT2D eigenvalue weighted by Gasteiger charge is 2.14. The predicted molar refractivity (Wildman–Crippen MR) is 68.8 cm³/mol. The average molecular weight is 277 g/mol. The van der Waals surface area contributed by atoms with Gasteiger partial charge >= 0.3 is 5.97 Å². The fourth-order valence-electron chi connectivity index (χ4n) is 1.55. The molecule has 0 aliphatic heterocycles. The maximum Gasteiger partial charge on any atom is 0.339 e. The summed E-state index contributed by atoms with van der Waals surface area (Å²) in [4.78, 5) is 15.1. The van der Waals surface area contributed by atoms with Gasteiger partial charge in [-0.25, -0.2) is 9.18 Å². The molecule has 0 fully saturated rings. The Morgan fingerprint density at radius 3 is 2.75 bits per heavy atom. The maximum absolute atomic E-state index is 13.2. The number of carbonyl (C=O) groups is 1. The summed E-state index contributed by atoms with van der Waals surface area (Å²) < 4.78 is 23.7. The van der Waals surface area contributed by atoms with Crippen molar-refractivity contribution in [3.8, 4) is 17.5 Å². The molecule has 0 aliphatic rings. The van der Waals surface area contributed by atoms with E-state index in [0.717, 1.165) is 18.2 Å². The summed E-state index contributed by atoms with van der Waals surface area (Å²) >= 11 is 0. The molecule has 20 heavy (non-hydrogen) atoms. The van der Waals surface area contributed by atoms with Crippen LogP contribution in [0, 0.1) is 5.82 Å². The molecule has 6 heteroatoms. The Kier molecular flexibility index (Phi) is 4.14. The number of aromatic carboxylic acids is 1. The lowest BCUT2D eigenvalue weighted by atomic mass is 10.2. The third-order valence-corrected chi connectivity index (χ3v) is 2.38. The summed E-state index contributed by atoms with van der Waals surface area (Å²) in [6.45, 7) is 2.25. The fourth-order valence-corrected chi connectivity index (χ4v) is 1.55. The molecule has 0 bridgehead atoms. The molecule has 2 aromatic rings. The highest BCUT2D eigenvalue weighted by molar-refractivity contribution is 5.90. The molecule has 0 atom stereocenters. The van der Waals surface area contributed by atoms with Gasteiger partial charge in [0.2, 0.25) is 11.8 Å². The van der Waals surface area contributed by atoms with E-state index in [-0.39, 0.29) is 17.2 Å². The molecule has 5 nitrogen and oxygen atoms in total. The molecule has 0 amide bonds. The molecule has 0 saturated carbocycles. The van der Waals surface area contributed by atoms with Crippen LogP contribution < -0.4 is 9.47 Å². The summed E-state index contributed by atoms with van der Waals surface area (Å²) in [7, 11) is 0. The van der Waals surface area contributed by atoms with E-state index in [1.165, 1.54) is 6.07 Å². The molecule has 1 heterocycles. The van der Waals surface area contributed by atoms with Crippen LogP contribution >= 0.6 is 0 Å². The van der Waals surface area contributed by atoms with Crippen molar-refractivity contribution < 1.29 is 23.8 Å². The summed E-state index contributed by atoms with van der Waals surface area (Å²) in [5.74, 6) is -1.44. The molecule has 0 spiro atoms. The lowest BCUT2D eigenvalue weighted by Gasteiger charge is -2.09. The highest BCUT2D eigenvalue weighted by Crippen LogP contribution is 2.26. The second-order valence-corrected chi connectivity index (χ2v) is 3.79. The number of nitrogens with zero attached hydrogens (tertiary/aromatic N) is 1. The Morgan fingerprint density at radius 1 is 1.30 bits per heavy atom. The molecular weight excluding hydrogens is 265 g/mol. The first-order chi connectivity index (χ1) is 9.60. The van der Waals surface area contributed by atoms with E-state index in [1.807, 2.05) is 6.92 Å². The Hall–Kier alpha value is -2.63. The Labute approximate surface area is 114 Å². The van der Waals surface area contributed by atoms with E-state index >= 15 is 0 Å². The number of carboxylic acids is 1. The number of pyridine rings is 1. The minimum Gasteiger partial charge on any atom is -0.478 e. The summed E-state index contributed by atoms with van der Waals surface area (Å²) in [5.41, 5.74) is -0.144. The van der Waals surface area contributed by atoms with Crippen LogP contribution in [-0.2, 0) is 0 Å². The lowest BCUT2D eigenvalue weighted by Crippen LogP contribution is -2.02. The molecule has 1 aromatic carbocycles. The molecule has 104 valence electrons. The van der Waals surface area contributed by atoms with Crippen molar-refractivity contribution in [3.05, 3.63) is 47.8 Å². The van der Waals surface area contributed by atoms with Crippen molar-refractivity contribution in [2.75, 3.05) is 6.61 Å². The number of benzene rings is 1. The van der Waals surface area contributed by atoms with Gasteiger partial charge in [-0.2, -0.15) is 4.98 Å². The van der Waals surface area contributed by atoms with Gasteiger partial charge in [0.15, 0.2) is 0 Å². The van der Waals surface area contributed by atoms with Crippen LogP contribution in [0.25, 0.3) is 0 Å². The van der Waals surface area contributed by atoms with Crippen molar-refractivity contribution in [2.24, 2.45) is 0 Å². The van der Waals surface area contributed by atoms with Crippen molar-refractivity contribution in [2.45, 2.75) is 6.92 Å². The second-order valence-electron chi connectivity index (χ2n) is 3.79. The number of rotatable bonds is 5. The first kappa shape index (κ1) is 13.8. The SMILES string of the molecule is CCOc1cccc(Oc2cc(F)ccc2C(=O)O)n1. The molecular formula is C14H12FNO4. The van der Waals surface area contributed by atoms with Crippen LogP contribution in [0.1, 0.15) is 17.3 Å². The third kappa shape index (κ3) is 3.23. The zero-order valence-corrected chi connectivity index (χ0v) is 10.7. The Balaban J connectivity index is 2.31. The second kappa shape index (κ2) is 6.01. The predicted octanol–water partition coefficient (Wildman–Crippen LogP) is 3.11. The number of hydrogen-bond acceptors (Lipinski definition) is 4. The van der Waals surface area contributed by atoms with Crippen molar-refractivity contribution in [1.82, 2.24) is 4.98 Å². The quantitative estimate of drug-likeness (QED) is 0.909. The number of ether oxygens (including phenoxy) is 2. The van der Waals surface area contributed by atoms with Crippen LogP contribution in [0.2, 0.25) is 0 Å². The summed E-state index contributed by atoms with van der Waals surface area (Å²) in [6, 6.07) is 8.00. The van der Waals surface area contributed by atoms with Crippen molar-refractivity contribution in [1.29, 1.82) is 0 Å². The summed E-state index contributed by atoms with van der Waals surface area (Å²) in [6.07, 6.45) is 0. The molecule has 0 radical (unpaired) electrons. The van der Waals surface area contributed by atoms with Gasteiger partial charge in [0.05, 0.1) is 6.61 Å². The molecule has 1 N–H and O–H groups in total. The van der Waals surface area contributed by atoms with Gasteiger partial charge in [-0.05, 0) is 19.1 Å². The number of halogens is 1. The first-order valence-corrected chi connectivity index (χ1v) is 5.90. The zero-order chi connectivity index (χ0) is 14.5. The third-order valence-electron chi connectivity index (χ3n) is 2.38. The number of aromatic nitrogens is 1. The monoisotopic (exact) mass is 277 g/mol.